The standard InChI is InChI=1S/C12H20O4Si/c1-4-5-6-9-7-11(13)10(12(14)16-9)8-15-17(2)3/h7,13,17H,4-6,8H2,1-3H3. The molecular formula is C12H20O4Si. The minimum atomic E-state index is -1.20. The highest BCUT2D eigenvalue weighted by atomic mass is 28.3. The summed E-state index contributed by atoms with van der Waals surface area (Å²) in [5.41, 5.74) is -0.253. The SMILES string of the molecule is CCCCc1cc(O)c(CO[SiH](C)C)c(=O)o1. The van der Waals surface area contributed by atoms with Crippen molar-refractivity contribution in [1.82, 2.24) is 0 Å². The topological polar surface area (TPSA) is 59.7 Å². The monoisotopic (exact) mass is 256 g/mol. The van der Waals surface area contributed by atoms with Crippen LogP contribution in [0.4, 0.5) is 0 Å². The first-order chi connectivity index (χ1) is 8.04. The van der Waals surface area contributed by atoms with E-state index in [4.69, 9.17) is 8.84 Å². The van der Waals surface area contributed by atoms with Crippen LogP contribution in [0, 0.1) is 0 Å². The summed E-state index contributed by atoms with van der Waals surface area (Å²) in [6.07, 6.45) is 2.64. The molecule has 1 aromatic heterocycles. The van der Waals surface area contributed by atoms with Crippen LogP contribution in [0.2, 0.25) is 13.1 Å². The molecule has 0 saturated carbocycles. The second kappa shape index (κ2) is 6.61. The first kappa shape index (κ1) is 14.0. The summed E-state index contributed by atoms with van der Waals surface area (Å²) in [7, 11) is -1.20. The van der Waals surface area contributed by atoms with E-state index in [1.165, 1.54) is 6.07 Å². The number of hydrogen-bond acceptors (Lipinski definition) is 4. The largest absolute Gasteiger partial charge is 0.507 e. The first-order valence-corrected chi connectivity index (χ1v) is 8.79. The van der Waals surface area contributed by atoms with Crippen molar-refractivity contribution in [2.75, 3.05) is 0 Å². The lowest BCUT2D eigenvalue weighted by molar-refractivity contribution is 0.293. The van der Waals surface area contributed by atoms with Crippen LogP contribution < -0.4 is 5.63 Å². The molecule has 0 spiro atoms. The highest BCUT2D eigenvalue weighted by Gasteiger charge is 2.12. The quantitative estimate of drug-likeness (QED) is 0.793. The Morgan fingerprint density at radius 3 is 2.71 bits per heavy atom. The summed E-state index contributed by atoms with van der Waals surface area (Å²) in [4.78, 5) is 11.6. The molecule has 0 amide bonds. The number of aromatic hydroxyl groups is 1. The van der Waals surface area contributed by atoms with Crippen molar-refractivity contribution in [2.45, 2.75) is 45.9 Å². The Bertz CT molecular complexity index is 411. The number of unbranched alkanes of at least 4 members (excludes halogenated alkanes) is 1. The van der Waals surface area contributed by atoms with E-state index in [2.05, 4.69) is 6.92 Å². The Morgan fingerprint density at radius 2 is 2.18 bits per heavy atom. The molecule has 5 heteroatoms. The Labute approximate surface area is 103 Å². The molecule has 0 atom stereocenters. The fourth-order valence-corrected chi connectivity index (χ4v) is 1.91. The summed E-state index contributed by atoms with van der Waals surface area (Å²) >= 11 is 0. The first-order valence-electron chi connectivity index (χ1n) is 6.01. The fraction of sp³-hybridized carbons (Fsp3) is 0.583. The molecule has 0 radical (unpaired) electrons. The van der Waals surface area contributed by atoms with Gasteiger partial charge < -0.3 is 13.9 Å². The van der Waals surface area contributed by atoms with E-state index >= 15 is 0 Å². The van der Waals surface area contributed by atoms with Crippen molar-refractivity contribution in [1.29, 1.82) is 0 Å². The van der Waals surface area contributed by atoms with Gasteiger partial charge in [-0.15, -0.1) is 0 Å². The van der Waals surface area contributed by atoms with E-state index in [0.717, 1.165) is 12.8 Å². The van der Waals surface area contributed by atoms with Gasteiger partial charge in [0.1, 0.15) is 17.1 Å². The predicted molar refractivity (Wildman–Crippen MR) is 68.9 cm³/mol. The van der Waals surface area contributed by atoms with Gasteiger partial charge in [-0.25, -0.2) is 4.79 Å². The zero-order chi connectivity index (χ0) is 12.8. The molecule has 1 rings (SSSR count). The minimum absolute atomic E-state index is 0.0120. The zero-order valence-electron chi connectivity index (χ0n) is 10.7. The molecule has 96 valence electrons. The molecule has 0 aliphatic heterocycles. The Balaban J connectivity index is 2.83. The molecule has 0 fully saturated rings. The molecule has 0 unspecified atom stereocenters. The lowest BCUT2D eigenvalue weighted by Gasteiger charge is -2.08. The highest BCUT2D eigenvalue weighted by Crippen LogP contribution is 2.17. The van der Waals surface area contributed by atoms with Crippen molar-refractivity contribution in [2.24, 2.45) is 0 Å². The molecule has 1 aromatic rings. The Kier molecular flexibility index (Phi) is 5.44. The predicted octanol–water partition coefficient (Wildman–Crippen LogP) is 2.19. The van der Waals surface area contributed by atoms with Gasteiger partial charge in [0.15, 0.2) is 9.04 Å². The van der Waals surface area contributed by atoms with Gasteiger partial charge in [0.05, 0.1) is 6.61 Å². The summed E-state index contributed by atoms with van der Waals surface area (Å²) < 4.78 is 10.6. The average Bonchev–Trinajstić information content (AvgIpc) is 2.24. The zero-order valence-corrected chi connectivity index (χ0v) is 11.8. The molecule has 0 saturated heterocycles. The number of aryl methyl sites for hydroxylation is 1. The third kappa shape index (κ3) is 4.36. The maximum atomic E-state index is 11.6. The van der Waals surface area contributed by atoms with Crippen molar-refractivity contribution < 1.29 is 13.9 Å². The average molecular weight is 256 g/mol. The molecule has 0 bridgehead atoms. The van der Waals surface area contributed by atoms with Crippen molar-refractivity contribution >= 4 is 9.04 Å². The van der Waals surface area contributed by atoms with Gasteiger partial charge in [0, 0.05) is 12.5 Å². The second-order valence-corrected chi connectivity index (χ2v) is 6.76. The van der Waals surface area contributed by atoms with Crippen molar-refractivity contribution in [3.63, 3.8) is 0 Å². The smallest absolute Gasteiger partial charge is 0.345 e. The number of rotatable bonds is 6. The van der Waals surface area contributed by atoms with Crippen LogP contribution in [-0.4, -0.2) is 14.1 Å². The van der Waals surface area contributed by atoms with Crippen LogP contribution in [0.1, 0.15) is 31.1 Å². The molecule has 1 N–H and O–H groups in total. The van der Waals surface area contributed by atoms with Gasteiger partial charge in [0.2, 0.25) is 0 Å². The normalized spacial score (nSPS) is 11.1. The van der Waals surface area contributed by atoms with Crippen LogP contribution in [0.5, 0.6) is 5.75 Å². The van der Waals surface area contributed by atoms with Crippen LogP contribution in [0.15, 0.2) is 15.3 Å². The van der Waals surface area contributed by atoms with Gasteiger partial charge in [-0.2, -0.15) is 0 Å². The van der Waals surface area contributed by atoms with E-state index in [-0.39, 0.29) is 17.9 Å². The summed E-state index contributed by atoms with van der Waals surface area (Å²) in [6, 6.07) is 1.53. The van der Waals surface area contributed by atoms with E-state index in [1.807, 2.05) is 13.1 Å². The van der Waals surface area contributed by atoms with Crippen LogP contribution in [0.3, 0.4) is 0 Å². The second-order valence-electron chi connectivity index (χ2n) is 4.33. The third-order valence-electron chi connectivity index (χ3n) is 2.41. The van der Waals surface area contributed by atoms with E-state index in [1.54, 1.807) is 0 Å². The maximum absolute atomic E-state index is 11.6. The van der Waals surface area contributed by atoms with Crippen molar-refractivity contribution in [3.05, 3.63) is 27.8 Å². The lowest BCUT2D eigenvalue weighted by atomic mass is 10.2. The molecule has 0 aliphatic rings. The minimum Gasteiger partial charge on any atom is -0.507 e. The van der Waals surface area contributed by atoms with Gasteiger partial charge in [-0.05, 0) is 19.5 Å². The van der Waals surface area contributed by atoms with Crippen LogP contribution in [0.25, 0.3) is 0 Å². The lowest BCUT2D eigenvalue weighted by Crippen LogP contribution is -2.14. The molecule has 17 heavy (non-hydrogen) atoms. The molecule has 4 nitrogen and oxygen atoms in total. The summed E-state index contributed by atoms with van der Waals surface area (Å²) in [5, 5.41) is 9.76. The molecule has 0 aromatic carbocycles. The van der Waals surface area contributed by atoms with Gasteiger partial charge in [-0.1, -0.05) is 13.3 Å². The summed E-state index contributed by atoms with van der Waals surface area (Å²) in [5.74, 6) is 0.530. The van der Waals surface area contributed by atoms with Crippen molar-refractivity contribution in [3.8, 4) is 5.75 Å². The highest BCUT2D eigenvalue weighted by molar-refractivity contribution is 6.48. The van der Waals surface area contributed by atoms with Crippen LogP contribution >= 0.6 is 0 Å². The fourth-order valence-electron chi connectivity index (χ4n) is 1.41. The third-order valence-corrected chi connectivity index (χ3v) is 3.25. The van der Waals surface area contributed by atoms with E-state index in [0.29, 0.717) is 12.2 Å². The summed E-state index contributed by atoms with van der Waals surface area (Å²) in [6.45, 7) is 6.22. The molecule has 1 heterocycles. The van der Waals surface area contributed by atoms with E-state index in [9.17, 15) is 9.90 Å². The van der Waals surface area contributed by atoms with E-state index < -0.39 is 14.7 Å². The Morgan fingerprint density at radius 1 is 1.47 bits per heavy atom. The van der Waals surface area contributed by atoms with Crippen LogP contribution in [-0.2, 0) is 17.5 Å². The molecular weight excluding hydrogens is 236 g/mol. The number of hydrogen-bond donors (Lipinski definition) is 1. The van der Waals surface area contributed by atoms with Gasteiger partial charge in [0.25, 0.3) is 0 Å². The van der Waals surface area contributed by atoms with Gasteiger partial charge >= 0.3 is 5.63 Å². The maximum Gasteiger partial charge on any atom is 0.345 e. The molecule has 0 aliphatic carbocycles. The Hall–Kier alpha value is -1.07. The van der Waals surface area contributed by atoms with Gasteiger partial charge in [-0.3, -0.25) is 0 Å².